The van der Waals surface area contributed by atoms with Crippen molar-refractivity contribution in [2.24, 2.45) is 0 Å². The van der Waals surface area contributed by atoms with E-state index in [2.05, 4.69) is 4.72 Å². The van der Waals surface area contributed by atoms with E-state index in [1.165, 1.54) is 18.2 Å². The molecule has 0 radical (unpaired) electrons. The molecule has 0 fully saturated rings. The van der Waals surface area contributed by atoms with Gasteiger partial charge in [-0.1, -0.05) is 41.4 Å². The second kappa shape index (κ2) is 7.94. The van der Waals surface area contributed by atoms with Crippen LogP contribution in [0.1, 0.15) is 11.1 Å². The Kier molecular flexibility index (Phi) is 6.17. The minimum atomic E-state index is -3.52. The predicted octanol–water partition coefficient (Wildman–Crippen LogP) is 3.56. The monoisotopic (exact) mass is 388 g/mol. The molecule has 0 aliphatic carbocycles. The van der Waals surface area contributed by atoms with Crippen LogP contribution in [0.4, 0.5) is 5.69 Å². The largest absolute Gasteiger partial charge is 0.269 e. The van der Waals surface area contributed by atoms with Gasteiger partial charge in [0.2, 0.25) is 10.0 Å². The average molecular weight is 389 g/mol. The van der Waals surface area contributed by atoms with Crippen molar-refractivity contribution in [3.05, 3.63) is 73.8 Å². The van der Waals surface area contributed by atoms with Gasteiger partial charge in [0, 0.05) is 18.7 Å². The molecule has 0 unspecified atom stereocenters. The molecule has 0 spiro atoms. The molecular formula is C15H14Cl2N2O4S. The number of rotatable bonds is 7. The summed E-state index contributed by atoms with van der Waals surface area (Å²) in [5, 5.41) is 11.2. The van der Waals surface area contributed by atoms with Gasteiger partial charge in [-0.05, 0) is 29.7 Å². The number of sulfonamides is 1. The first-order valence-electron chi connectivity index (χ1n) is 6.91. The Labute approximate surface area is 149 Å². The lowest BCUT2D eigenvalue weighted by Gasteiger charge is -2.08. The molecule has 128 valence electrons. The number of benzene rings is 2. The molecule has 0 bridgehead atoms. The molecule has 0 aliphatic heterocycles. The SMILES string of the molecule is O=[N+]([O-])c1ccc(CCNS(=O)(=O)Cc2ccc(Cl)c(Cl)c2)cc1. The fourth-order valence-electron chi connectivity index (χ4n) is 2.04. The quantitative estimate of drug-likeness (QED) is 0.579. The number of non-ortho nitro benzene ring substituents is 1. The lowest BCUT2D eigenvalue weighted by Crippen LogP contribution is -2.27. The smallest absolute Gasteiger partial charge is 0.258 e. The second-order valence-corrected chi connectivity index (χ2v) is 7.70. The van der Waals surface area contributed by atoms with Crippen LogP contribution in [-0.2, 0) is 22.2 Å². The zero-order valence-corrected chi connectivity index (χ0v) is 14.7. The lowest BCUT2D eigenvalue weighted by molar-refractivity contribution is -0.384. The number of nitrogens with zero attached hydrogens (tertiary/aromatic N) is 1. The van der Waals surface area contributed by atoms with E-state index in [0.29, 0.717) is 22.0 Å². The maximum Gasteiger partial charge on any atom is 0.269 e. The van der Waals surface area contributed by atoms with Crippen LogP contribution < -0.4 is 4.72 Å². The van der Waals surface area contributed by atoms with E-state index < -0.39 is 14.9 Å². The molecule has 0 aromatic heterocycles. The third-order valence-corrected chi connectivity index (χ3v) is 5.32. The van der Waals surface area contributed by atoms with Crippen LogP contribution in [0.15, 0.2) is 42.5 Å². The average Bonchev–Trinajstić information content (AvgIpc) is 2.51. The Balaban J connectivity index is 1.90. The number of nitro benzene ring substituents is 1. The molecule has 0 saturated heterocycles. The summed E-state index contributed by atoms with van der Waals surface area (Å²) in [7, 11) is -3.52. The van der Waals surface area contributed by atoms with Crippen LogP contribution >= 0.6 is 23.2 Å². The Morgan fingerprint density at radius 2 is 1.62 bits per heavy atom. The van der Waals surface area contributed by atoms with Gasteiger partial charge in [-0.25, -0.2) is 13.1 Å². The van der Waals surface area contributed by atoms with E-state index in [9.17, 15) is 18.5 Å². The van der Waals surface area contributed by atoms with E-state index in [-0.39, 0.29) is 18.0 Å². The molecule has 0 aliphatic rings. The van der Waals surface area contributed by atoms with Crippen molar-refractivity contribution < 1.29 is 13.3 Å². The fraction of sp³-hybridized carbons (Fsp3) is 0.200. The summed E-state index contributed by atoms with van der Waals surface area (Å²) in [5.74, 6) is -0.204. The first kappa shape index (κ1) is 18.7. The molecule has 1 N–H and O–H groups in total. The van der Waals surface area contributed by atoms with Crippen LogP contribution in [-0.4, -0.2) is 19.9 Å². The lowest BCUT2D eigenvalue weighted by atomic mass is 10.1. The first-order valence-corrected chi connectivity index (χ1v) is 9.32. The third-order valence-electron chi connectivity index (χ3n) is 3.22. The molecule has 6 nitrogen and oxygen atoms in total. The summed E-state index contributed by atoms with van der Waals surface area (Å²) in [6.07, 6.45) is 0.429. The molecular weight excluding hydrogens is 375 g/mol. The van der Waals surface area contributed by atoms with Gasteiger partial charge in [0.15, 0.2) is 0 Å². The van der Waals surface area contributed by atoms with Gasteiger partial charge in [0.25, 0.3) is 5.69 Å². The molecule has 0 atom stereocenters. The molecule has 24 heavy (non-hydrogen) atoms. The van der Waals surface area contributed by atoms with Crippen LogP contribution in [0, 0.1) is 10.1 Å². The summed E-state index contributed by atoms with van der Waals surface area (Å²) in [6, 6.07) is 10.6. The topological polar surface area (TPSA) is 89.3 Å². The van der Waals surface area contributed by atoms with Gasteiger partial charge in [0.1, 0.15) is 0 Å². The third kappa shape index (κ3) is 5.45. The van der Waals surface area contributed by atoms with Gasteiger partial charge in [-0.2, -0.15) is 0 Å². The first-order chi connectivity index (χ1) is 11.3. The van der Waals surface area contributed by atoms with Gasteiger partial charge < -0.3 is 0 Å². The molecule has 9 heteroatoms. The van der Waals surface area contributed by atoms with Gasteiger partial charge in [-0.15, -0.1) is 0 Å². The summed E-state index contributed by atoms with van der Waals surface area (Å²) >= 11 is 11.7. The molecule has 2 rings (SSSR count). The number of nitrogens with one attached hydrogen (secondary N) is 1. The summed E-state index contributed by atoms with van der Waals surface area (Å²) in [6.45, 7) is 0.196. The Morgan fingerprint density at radius 3 is 2.21 bits per heavy atom. The number of nitro groups is 1. The van der Waals surface area contributed by atoms with Crippen molar-refractivity contribution >= 4 is 38.9 Å². The standard InChI is InChI=1S/C15H14Cl2N2O4S/c16-14-6-3-12(9-15(14)17)10-24(22,23)18-8-7-11-1-4-13(5-2-11)19(20)21/h1-6,9,18H,7-8,10H2. The van der Waals surface area contributed by atoms with Crippen LogP contribution in [0.5, 0.6) is 0 Å². The van der Waals surface area contributed by atoms with Crippen molar-refractivity contribution in [3.8, 4) is 0 Å². The highest BCUT2D eigenvalue weighted by atomic mass is 35.5. The van der Waals surface area contributed by atoms with Crippen molar-refractivity contribution in [2.45, 2.75) is 12.2 Å². The maximum atomic E-state index is 12.1. The molecule has 2 aromatic carbocycles. The van der Waals surface area contributed by atoms with Gasteiger partial charge >= 0.3 is 0 Å². The zero-order chi connectivity index (χ0) is 17.7. The fourth-order valence-corrected chi connectivity index (χ4v) is 3.49. The van der Waals surface area contributed by atoms with Crippen molar-refractivity contribution in [1.82, 2.24) is 4.72 Å². The van der Waals surface area contributed by atoms with E-state index in [4.69, 9.17) is 23.2 Å². The Bertz CT molecular complexity index is 839. The highest BCUT2D eigenvalue weighted by Crippen LogP contribution is 2.23. The van der Waals surface area contributed by atoms with E-state index >= 15 is 0 Å². The minimum Gasteiger partial charge on any atom is -0.258 e. The van der Waals surface area contributed by atoms with Crippen LogP contribution in [0.25, 0.3) is 0 Å². The highest BCUT2D eigenvalue weighted by molar-refractivity contribution is 7.88. The Morgan fingerprint density at radius 1 is 1.00 bits per heavy atom. The molecule has 0 heterocycles. The maximum absolute atomic E-state index is 12.1. The van der Waals surface area contributed by atoms with Gasteiger partial charge in [-0.3, -0.25) is 10.1 Å². The molecule has 0 amide bonds. The number of hydrogen-bond acceptors (Lipinski definition) is 4. The normalized spacial score (nSPS) is 11.4. The van der Waals surface area contributed by atoms with E-state index in [1.54, 1.807) is 24.3 Å². The van der Waals surface area contributed by atoms with Crippen molar-refractivity contribution in [2.75, 3.05) is 6.54 Å². The van der Waals surface area contributed by atoms with E-state index in [0.717, 1.165) is 5.56 Å². The predicted molar refractivity (Wildman–Crippen MR) is 93.9 cm³/mol. The Hall–Kier alpha value is -1.67. The second-order valence-electron chi connectivity index (χ2n) is 5.08. The molecule has 2 aromatic rings. The zero-order valence-electron chi connectivity index (χ0n) is 12.4. The number of halogens is 2. The summed E-state index contributed by atoms with van der Waals surface area (Å²) in [5.41, 5.74) is 1.34. The van der Waals surface area contributed by atoms with Crippen molar-refractivity contribution in [1.29, 1.82) is 0 Å². The van der Waals surface area contributed by atoms with Crippen molar-refractivity contribution in [3.63, 3.8) is 0 Å². The number of hydrogen-bond donors (Lipinski definition) is 1. The van der Waals surface area contributed by atoms with Crippen LogP contribution in [0.3, 0.4) is 0 Å². The van der Waals surface area contributed by atoms with Crippen LogP contribution in [0.2, 0.25) is 10.0 Å². The minimum absolute atomic E-state index is 0.000974. The summed E-state index contributed by atoms with van der Waals surface area (Å²) in [4.78, 5) is 10.1. The van der Waals surface area contributed by atoms with E-state index in [1.807, 2.05) is 0 Å². The van der Waals surface area contributed by atoms with Gasteiger partial charge in [0.05, 0.1) is 20.7 Å². The highest BCUT2D eigenvalue weighted by Gasteiger charge is 2.12. The summed E-state index contributed by atoms with van der Waals surface area (Å²) < 4.78 is 26.6. The molecule has 0 saturated carbocycles.